The zero-order chi connectivity index (χ0) is 18.8. The molecular weight excluding hydrogens is 371 g/mol. The first-order valence-electron chi connectivity index (χ1n) is 7.76. The number of ether oxygens (including phenoxy) is 1. The maximum atomic E-state index is 13.1. The molecule has 1 fully saturated rings. The monoisotopic (exact) mass is 387 g/mol. The number of nitrogens with one attached hydrogen (secondary N) is 1. The largest absolute Gasteiger partial charge is 0.573 e. The molecule has 10 heteroatoms. The number of aromatic nitrogens is 1. The van der Waals surface area contributed by atoms with Crippen molar-refractivity contribution in [1.29, 1.82) is 0 Å². The molecule has 1 aromatic carbocycles. The highest BCUT2D eigenvalue weighted by Gasteiger charge is 2.39. The molecule has 2 heterocycles. The number of hydrogen-bond donors (Lipinski definition) is 1. The van der Waals surface area contributed by atoms with Crippen LogP contribution >= 0.6 is 0 Å². The first-order chi connectivity index (χ1) is 12.3. The highest BCUT2D eigenvalue weighted by Crippen LogP contribution is 2.35. The molecule has 0 radical (unpaired) electrons. The van der Waals surface area contributed by atoms with Gasteiger partial charge in [0, 0.05) is 32.0 Å². The van der Waals surface area contributed by atoms with Crippen LogP contribution < -0.4 is 10.1 Å². The van der Waals surface area contributed by atoms with E-state index in [9.17, 15) is 21.6 Å². The molecule has 0 saturated carbocycles. The van der Waals surface area contributed by atoms with Crippen molar-refractivity contribution in [3.8, 4) is 5.75 Å². The molecule has 140 valence electrons. The van der Waals surface area contributed by atoms with E-state index < -0.39 is 33.1 Å². The zero-order valence-electron chi connectivity index (χ0n) is 13.5. The van der Waals surface area contributed by atoms with Crippen LogP contribution in [-0.4, -0.2) is 43.7 Å². The lowest BCUT2D eigenvalue weighted by Gasteiger charge is -2.35. The number of pyridine rings is 1. The topological polar surface area (TPSA) is 71.5 Å². The second kappa shape index (κ2) is 7.22. The van der Waals surface area contributed by atoms with Gasteiger partial charge in [-0.05, 0) is 23.8 Å². The first-order valence-corrected chi connectivity index (χ1v) is 9.20. The van der Waals surface area contributed by atoms with Crippen molar-refractivity contribution in [2.75, 3.05) is 19.6 Å². The summed E-state index contributed by atoms with van der Waals surface area (Å²) in [5.41, 5.74) is 0.650. The Morgan fingerprint density at radius 2 is 1.96 bits per heavy atom. The normalized spacial score (nSPS) is 19.3. The summed E-state index contributed by atoms with van der Waals surface area (Å²) >= 11 is 0. The molecule has 3 rings (SSSR count). The summed E-state index contributed by atoms with van der Waals surface area (Å²) in [6, 6.07) is 7.57. The van der Waals surface area contributed by atoms with E-state index in [4.69, 9.17) is 0 Å². The Balaban J connectivity index is 2.01. The van der Waals surface area contributed by atoms with E-state index in [1.807, 2.05) is 0 Å². The molecule has 1 aliphatic heterocycles. The van der Waals surface area contributed by atoms with Gasteiger partial charge in [0.25, 0.3) is 0 Å². The third-order valence-corrected chi connectivity index (χ3v) is 5.87. The molecule has 1 atom stereocenters. The fourth-order valence-corrected chi connectivity index (χ4v) is 4.56. The Bertz CT molecular complexity index is 860. The number of rotatable bonds is 4. The van der Waals surface area contributed by atoms with Gasteiger partial charge in [0.15, 0.2) is 0 Å². The fraction of sp³-hybridized carbons (Fsp3) is 0.312. The van der Waals surface area contributed by atoms with Gasteiger partial charge in [-0.1, -0.05) is 18.2 Å². The van der Waals surface area contributed by atoms with Crippen molar-refractivity contribution in [2.24, 2.45) is 0 Å². The van der Waals surface area contributed by atoms with Crippen LogP contribution in [0.25, 0.3) is 0 Å². The van der Waals surface area contributed by atoms with Crippen LogP contribution in [0.2, 0.25) is 0 Å². The maximum absolute atomic E-state index is 13.1. The molecule has 0 aliphatic carbocycles. The number of halogens is 3. The van der Waals surface area contributed by atoms with E-state index in [-0.39, 0.29) is 6.54 Å². The smallest absolute Gasteiger partial charge is 0.404 e. The zero-order valence-corrected chi connectivity index (χ0v) is 14.3. The van der Waals surface area contributed by atoms with E-state index in [1.54, 1.807) is 18.3 Å². The molecule has 1 unspecified atom stereocenters. The van der Waals surface area contributed by atoms with Gasteiger partial charge < -0.3 is 10.1 Å². The number of benzene rings is 1. The van der Waals surface area contributed by atoms with Crippen molar-refractivity contribution in [2.45, 2.75) is 17.3 Å². The van der Waals surface area contributed by atoms with Crippen molar-refractivity contribution in [3.63, 3.8) is 0 Å². The molecule has 0 bridgehead atoms. The Kier molecular flexibility index (Phi) is 5.17. The molecular formula is C16H16F3N3O3S. The highest BCUT2D eigenvalue weighted by atomic mass is 32.2. The van der Waals surface area contributed by atoms with Crippen LogP contribution in [0.4, 0.5) is 13.2 Å². The number of nitrogens with zero attached hydrogens (tertiary/aromatic N) is 2. The Morgan fingerprint density at radius 3 is 2.65 bits per heavy atom. The van der Waals surface area contributed by atoms with E-state index in [2.05, 4.69) is 15.0 Å². The van der Waals surface area contributed by atoms with Crippen LogP contribution in [0.5, 0.6) is 5.75 Å². The quantitative estimate of drug-likeness (QED) is 0.872. The highest BCUT2D eigenvalue weighted by molar-refractivity contribution is 7.89. The maximum Gasteiger partial charge on any atom is 0.573 e. The minimum Gasteiger partial charge on any atom is -0.404 e. The van der Waals surface area contributed by atoms with Crippen LogP contribution in [0.3, 0.4) is 0 Å². The fourth-order valence-electron chi connectivity index (χ4n) is 2.83. The van der Waals surface area contributed by atoms with Gasteiger partial charge in [-0.25, -0.2) is 8.42 Å². The molecule has 2 aromatic rings. The van der Waals surface area contributed by atoms with Gasteiger partial charge in [0.2, 0.25) is 10.0 Å². The summed E-state index contributed by atoms with van der Waals surface area (Å²) in [5.74, 6) is -0.747. The minimum absolute atomic E-state index is 0.113. The van der Waals surface area contributed by atoms with Crippen molar-refractivity contribution in [3.05, 3.63) is 54.4 Å². The Morgan fingerprint density at radius 1 is 1.19 bits per heavy atom. The van der Waals surface area contributed by atoms with Crippen molar-refractivity contribution in [1.82, 2.24) is 14.6 Å². The number of alkyl halides is 3. The molecule has 1 aliphatic rings. The van der Waals surface area contributed by atoms with E-state index in [0.29, 0.717) is 18.7 Å². The predicted octanol–water partition coefficient (Wildman–Crippen LogP) is 2.32. The van der Waals surface area contributed by atoms with Crippen molar-refractivity contribution < 1.29 is 26.3 Å². The van der Waals surface area contributed by atoms with Gasteiger partial charge in [-0.15, -0.1) is 13.2 Å². The van der Waals surface area contributed by atoms with E-state index >= 15 is 0 Å². The van der Waals surface area contributed by atoms with E-state index in [1.165, 1.54) is 22.6 Å². The third kappa shape index (κ3) is 3.97. The summed E-state index contributed by atoms with van der Waals surface area (Å²) in [7, 11) is -4.22. The summed E-state index contributed by atoms with van der Waals surface area (Å²) in [5, 5.41) is 3.09. The van der Waals surface area contributed by atoms with Gasteiger partial charge >= 0.3 is 6.36 Å². The van der Waals surface area contributed by atoms with Crippen LogP contribution in [0, 0.1) is 0 Å². The van der Waals surface area contributed by atoms with Gasteiger partial charge in [-0.3, -0.25) is 4.98 Å². The minimum atomic E-state index is -4.99. The number of para-hydroxylation sites is 1. The van der Waals surface area contributed by atoms with Crippen LogP contribution in [0.15, 0.2) is 53.7 Å². The Labute approximate surface area is 148 Å². The SMILES string of the molecule is O=S(=O)(c1ccccc1OC(F)(F)F)N1CCNCC1c1cccnc1. The lowest BCUT2D eigenvalue weighted by molar-refractivity contribution is -0.275. The first kappa shape index (κ1) is 18.6. The van der Waals surface area contributed by atoms with Crippen molar-refractivity contribution >= 4 is 10.0 Å². The Hall–Kier alpha value is -2.17. The summed E-state index contributed by atoms with van der Waals surface area (Å²) < 4.78 is 69.2. The summed E-state index contributed by atoms with van der Waals surface area (Å²) in [6.07, 6.45) is -1.89. The van der Waals surface area contributed by atoms with Crippen LogP contribution in [0.1, 0.15) is 11.6 Å². The molecule has 1 aromatic heterocycles. The third-order valence-electron chi connectivity index (χ3n) is 3.92. The number of sulfonamides is 1. The molecule has 26 heavy (non-hydrogen) atoms. The molecule has 0 spiro atoms. The van der Waals surface area contributed by atoms with Gasteiger partial charge in [-0.2, -0.15) is 4.31 Å². The number of hydrogen-bond acceptors (Lipinski definition) is 5. The average molecular weight is 387 g/mol. The standard InChI is InChI=1S/C16H16F3N3O3S/c17-16(18,19)25-14-5-1-2-6-15(14)26(23,24)22-9-8-21-11-13(22)12-4-3-7-20-10-12/h1-7,10,13,21H,8-9,11H2. The second-order valence-corrected chi connectivity index (χ2v) is 7.48. The average Bonchev–Trinajstić information content (AvgIpc) is 2.61. The summed E-state index contributed by atoms with van der Waals surface area (Å²) in [4.78, 5) is 3.47. The van der Waals surface area contributed by atoms with E-state index in [0.717, 1.165) is 12.1 Å². The second-order valence-electron chi connectivity index (χ2n) is 5.62. The van der Waals surface area contributed by atoms with Gasteiger partial charge in [0.05, 0.1) is 6.04 Å². The van der Waals surface area contributed by atoms with Crippen LogP contribution in [-0.2, 0) is 10.0 Å². The lowest BCUT2D eigenvalue weighted by Crippen LogP contribution is -2.48. The number of piperazine rings is 1. The predicted molar refractivity (Wildman–Crippen MR) is 86.9 cm³/mol. The lowest BCUT2D eigenvalue weighted by atomic mass is 10.1. The summed E-state index contributed by atoms with van der Waals surface area (Å²) in [6.45, 7) is 0.827. The molecule has 6 nitrogen and oxygen atoms in total. The molecule has 1 saturated heterocycles. The molecule has 1 N–H and O–H groups in total. The van der Waals surface area contributed by atoms with Gasteiger partial charge in [0.1, 0.15) is 10.6 Å². The molecule has 0 amide bonds.